The molecule has 0 aromatic heterocycles. The SMILES string of the molecule is CCNC(=O)C1COCCN1CC1Cc2ccccc2S1. The van der Waals surface area contributed by atoms with E-state index in [9.17, 15) is 4.79 Å². The number of hydrogen-bond donors (Lipinski definition) is 1. The molecule has 2 atom stereocenters. The highest BCUT2D eigenvalue weighted by Gasteiger charge is 2.32. The number of benzene rings is 1. The van der Waals surface area contributed by atoms with Crippen molar-refractivity contribution in [3.8, 4) is 0 Å². The maximum Gasteiger partial charge on any atom is 0.239 e. The summed E-state index contributed by atoms with van der Waals surface area (Å²) in [4.78, 5) is 15.8. The fourth-order valence-corrected chi connectivity index (χ4v) is 4.36. The van der Waals surface area contributed by atoms with Crippen LogP contribution in [-0.4, -0.2) is 54.9 Å². The van der Waals surface area contributed by atoms with E-state index in [-0.39, 0.29) is 11.9 Å². The maximum atomic E-state index is 12.2. The van der Waals surface area contributed by atoms with Crippen LogP contribution in [0.4, 0.5) is 0 Å². The highest BCUT2D eigenvalue weighted by molar-refractivity contribution is 8.00. The van der Waals surface area contributed by atoms with Gasteiger partial charge in [-0.1, -0.05) is 18.2 Å². The zero-order chi connectivity index (χ0) is 14.7. The first-order chi connectivity index (χ1) is 10.3. The first kappa shape index (κ1) is 14.9. The molecule has 3 rings (SSSR count). The highest BCUT2D eigenvalue weighted by atomic mass is 32.2. The normalized spacial score (nSPS) is 25.6. The van der Waals surface area contributed by atoms with Crippen LogP contribution in [0.5, 0.6) is 0 Å². The van der Waals surface area contributed by atoms with E-state index in [1.807, 2.05) is 18.7 Å². The summed E-state index contributed by atoms with van der Waals surface area (Å²) >= 11 is 1.94. The zero-order valence-electron chi connectivity index (χ0n) is 12.4. The van der Waals surface area contributed by atoms with Crippen LogP contribution in [0, 0.1) is 0 Å². The highest BCUT2D eigenvalue weighted by Crippen LogP contribution is 2.37. The molecule has 1 aromatic carbocycles. The quantitative estimate of drug-likeness (QED) is 0.916. The van der Waals surface area contributed by atoms with Gasteiger partial charge in [0.2, 0.25) is 5.91 Å². The third-order valence-corrected chi connectivity index (χ3v) is 5.35. The smallest absolute Gasteiger partial charge is 0.239 e. The molecule has 21 heavy (non-hydrogen) atoms. The fourth-order valence-electron chi connectivity index (χ4n) is 3.01. The molecule has 2 aliphatic heterocycles. The molecule has 2 aliphatic rings. The Hall–Kier alpha value is -1.04. The molecule has 0 saturated carbocycles. The molecular formula is C16H22N2O2S. The summed E-state index contributed by atoms with van der Waals surface area (Å²) in [6.07, 6.45) is 1.10. The number of rotatable bonds is 4. The summed E-state index contributed by atoms with van der Waals surface area (Å²) < 4.78 is 5.50. The molecule has 1 N–H and O–H groups in total. The van der Waals surface area contributed by atoms with Gasteiger partial charge in [0.1, 0.15) is 6.04 Å². The van der Waals surface area contributed by atoms with E-state index in [4.69, 9.17) is 4.74 Å². The van der Waals surface area contributed by atoms with Crippen LogP contribution in [0.1, 0.15) is 12.5 Å². The Kier molecular flexibility index (Phi) is 4.83. The van der Waals surface area contributed by atoms with Crippen molar-refractivity contribution in [2.24, 2.45) is 0 Å². The summed E-state index contributed by atoms with van der Waals surface area (Å²) in [7, 11) is 0. The molecule has 0 bridgehead atoms. The van der Waals surface area contributed by atoms with E-state index in [0.29, 0.717) is 18.4 Å². The molecule has 1 fully saturated rings. The molecule has 4 nitrogen and oxygen atoms in total. The van der Waals surface area contributed by atoms with Gasteiger partial charge in [-0.3, -0.25) is 9.69 Å². The summed E-state index contributed by atoms with van der Waals surface area (Å²) in [5.74, 6) is 0.0951. The number of likely N-dealkylation sites (N-methyl/N-ethyl adjacent to an activating group) is 1. The fraction of sp³-hybridized carbons (Fsp3) is 0.562. The van der Waals surface area contributed by atoms with E-state index in [2.05, 4.69) is 34.5 Å². The van der Waals surface area contributed by atoms with Gasteiger partial charge in [0, 0.05) is 29.8 Å². The second-order valence-electron chi connectivity index (χ2n) is 5.53. The number of hydrogen-bond acceptors (Lipinski definition) is 4. The van der Waals surface area contributed by atoms with Gasteiger partial charge in [0.25, 0.3) is 0 Å². The Labute approximate surface area is 130 Å². The van der Waals surface area contributed by atoms with Crippen LogP contribution in [0.3, 0.4) is 0 Å². The minimum absolute atomic E-state index is 0.0951. The van der Waals surface area contributed by atoms with Crippen molar-refractivity contribution < 1.29 is 9.53 Å². The Balaban J connectivity index is 1.62. The van der Waals surface area contributed by atoms with Crippen molar-refractivity contribution in [3.05, 3.63) is 29.8 Å². The van der Waals surface area contributed by atoms with Crippen molar-refractivity contribution in [2.75, 3.05) is 32.8 Å². The number of ether oxygens (including phenoxy) is 1. The lowest BCUT2D eigenvalue weighted by atomic mass is 10.1. The number of carbonyl (C=O) groups excluding carboxylic acids is 1. The van der Waals surface area contributed by atoms with Crippen molar-refractivity contribution in [1.82, 2.24) is 10.2 Å². The Morgan fingerprint density at radius 3 is 3.14 bits per heavy atom. The molecule has 0 spiro atoms. The van der Waals surface area contributed by atoms with Gasteiger partial charge in [0.05, 0.1) is 13.2 Å². The third-order valence-electron chi connectivity index (χ3n) is 4.04. The van der Waals surface area contributed by atoms with Gasteiger partial charge in [-0.05, 0) is 25.0 Å². The van der Waals surface area contributed by atoms with Gasteiger partial charge in [-0.15, -0.1) is 11.8 Å². The zero-order valence-corrected chi connectivity index (χ0v) is 13.2. The topological polar surface area (TPSA) is 41.6 Å². The number of thioether (sulfide) groups is 1. The van der Waals surface area contributed by atoms with E-state index in [1.54, 1.807) is 0 Å². The van der Waals surface area contributed by atoms with Crippen LogP contribution in [0.15, 0.2) is 29.2 Å². The van der Waals surface area contributed by atoms with E-state index < -0.39 is 0 Å². The molecule has 2 unspecified atom stereocenters. The summed E-state index contributed by atoms with van der Waals surface area (Å²) in [6.45, 7) is 5.65. The standard InChI is InChI=1S/C16H22N2O2S/c1-2-17-16(19)14-11-20-8-7-18(14)10-13-9-12-5-3-4-6-15(12)21-13/h3-6,13-14H,2,7-11H2,1H3,(H,17,19). The average molecular weight is 306 g/mol. The van der Waals surface area contributed by atoms with E-state index >= 15 is 0 Å². The first-order valence-electron chi connectivity index (χ1n) is 7.62. The second-order valence-corrected chi connectivity index (χ2v) is 6.87. The molecule has 5 heteroatoms. The minimum atomic E-state index is -0.136. The lowest BCUT2D eigenvalue weighted by Crippen LogP contribution is -2.55. The van der Waals surface area contributed by atoms with Gasteiger partial charge in [0.15, 0.2) is 0 Å². The van der Waals surface area contributed by atoms with E-state index in [0.717, 1.165) is 26.1 Å². The van der Waals surface area contributed by atoms with Crippen LogP contribution < -0.4 is 5.32 Å². The number of amides is 1. The molecule has 1 aromatic rings. The van der Waals surface area contributed by atoms with Crippen LogP contribution in [0.25, 0.3) is 0 Å². The first-order valence-corrected chi connectivity index (χ1v) is 8.50. The summed E-state index contributed by atoms with van der Waals surface area (Å²) in [5, 5.41) is 3.46. The molecule has 1 amide bonds. The lowest BCUT2D eigenvalue weighted by Gasteiger charge is -2.35. The van der Waals surface area contributed by atoms with Crippen molar-refractivity contribution in [3.63, 3.8) is 0 Å². The van der Waals surface area contributed by atoms with Crippen molar-refractivity contribution in [2.45, 2.75) is 29.5 Å². The molecular weight excluding hydrogens is 284 g/mol. The van der Waals surface area contributed by atoms with Crippen LogP contribution >= 0.6 is 11.8 Å². The predicted octanol–water partition coefficient (Wildman–Crippen LogP) is 1.54. The van der Waals surface area contributed by atoms with Gasteiger partial charge >= 0.3 is 0 Å². The maximum absolute atomic E-state index is 12.2. The largest absolute Gasteiger partial charge is 0.378 e. The number of morpholine rings is 1. The van der Waals surface area contributed by atoms with Crippen LogP contribution in [0.2, 0.25) is 0 Å². The van der Waals surface area contributed by atoms with Crippen LogP contribution in [-0.2, 0) is 16.0 Å². The van der Waals surface area contributed by atoms with Gasteiger partial charge in [-0.25, -0.2) is 0 Å². The predicted molar refractivity (Wildman–Crippen MR) is 84.7 cm³/mol. The third kappa shape index (κ3) is 3.42. The number of fused-ring (bicyclic) bond motifs is 1. The Morgan fingerprint density at radius 2 is 2.33 bits per heavy atom. The molecule has 114 valence electrons. The number of nitrogens with zero attached hydrogens (tertiary/aromatic N) is 1. The summed E-state index contributed by atoms with van der Waals surface area (Å²) in [5.41, 5.74) is 1.44. The molecule has 1 saturated heterocycles. The Morgan fingerprint density at radius 1 is 1.48 bits per heavy atom. The van der Waals surface area contributed by atoms with Crippen molar-refractivity contribution >= 4 is 17.7 Å². The Bertz CT molecular complexity index is 484. The van der Waals surface area contributed by atoms with Gasteiger partial charge < -0.3 is 10.1 Å². The second kappa shape index (κ2) is 6.81. The van der Waals surface area contributed by atoms with E-state index in [1.165, 1.54) is 10.5 Å². The monoisotopic (exact) mass is 306 g/mol. The number of nitrogens with one attached hydrogen (secondary N) is 1. The average Bonchev–Trinajstić information content (AvgIpc) is 2.90. The summed E-state index contributed by atoms with van der Waals surface area (Å²) in [6, 6.07) is 8.47. The molecule has 0 radical (unpaired) electrons. The van der Waals surface area contributed by atoms with Gasteiger partial charge in [-0.2, -0.15) is 0 Å². The lowest BCUT2D eigenvalue weighted by molar-refractivity contribution is -0.132. The van der Waals surface area contributed by atoms with Crippen molar-refractivity contribution in [1.29, 1.82) is 0 Å². The minimum Gasteiger partial charge on any atom is -0.378 e. The number of carbonyl (C=O) groups is 1. The molecule has 0 aliphatic carbocycles. The molecule has 2 heterocycles.